The second-order valence-electron chi connectivity index (χ2n) is 6.31. The molecule has 20 heavy (non-hydrogen) atoms. The molecule has 0 aromatic heterocycles. The van der Waals surface area contributed by atoms with Crippen molar-refractivity contribution in [1.29, 1.82) is 0 Å². The summed E-state index contributed by atoms with van der Waals surface area (Å²) in [7, 11) is 0. The Kier molecular flexibility index (Phi) is 4.93. The predicted molar refractivity (Wildman–Crippen MR) is 79.7 cm³/mol. The molecule has 0 aliphatic carbocycles. The summed E-state index contributed by atoms with van der Waals surface area (Å²) in [6.45, 7) is 12.3. The summed E-state index contributed by atoms with van der Waals surface area (Å²) < 4.78 is 13.7. The molecule has 1 aromatic rings. The van der Waals surface area contributed by atoms with Crippen LogP contribution < -0.4 is 11.1 Å². The standard InChI is InChI=1S/C16H23FN2O/c1-10(9-16(3,4)5)19-11(2)12-6-7-13(15(18)20)14(17)8-12/h6-8,11,19H,1,9H2,2-5H3,(H2,18,20). The van der Waals surface area contributed by atoms with Gasteiger partial charge in [-0.3, -0.25) is 4.79 Å². The van der Waals surface area contributed by atoms with Gasteiger partial charge in [0.25, 0.3) is 5.91 Å². The molecule has 4 heteroatoms. The summed E-state index contributed by atoms with van der Waals surface area (Å²) in [6, 6.07) is 4.37. The number of carbonyl (C=O) groups is 1. The van der Waals surface area contributed by atoms with E-state index in [1.165, 1.54) is 12.1 Å². The van der Waals surface area contributed by atoms with Crippen molar-refractivity contribution in [1.82, 2.24) is 5.32 Å². The Morgan fingerprint density at radius 2 is 2.05 bits per heavy atom. The van der Waals surface area contributed by atoms with Crippen molar-refractivity contribution in [2.75, 3.05) is 0 Å². The zero-order valence-corrected chi connectivity index (χ0v) is 12.6. The third-order valence-electron chi connectivity index (χ3n) is 2.92. The Morgan fingerprint density at radius 1 is 1.45 bits per heavy atom. The number of amides is 1. The summed E-state index contributed by atoms with van der Waals surface area (Å²) in [5, 5.41) is 3.25. The average molecular weight is 278 g/mol. The van der Waals surface area contributed by atoms with Crippen LogP contribution >= 0.6 is 0 Å². The molecule has 1 aromatic carbocycles. The number of carbonyl (C=O) groups excluding carboxylic acids is 1. The summed E-state index contributed by atoms with van der Waals surface area (Å²) in [5.41, 5.74) is 6.80. The summed E-state index contributed by atoms with van der Waals surface area (Å²) in [4.78, 5) is 11.0. The Bertz CT molecular complexity index is 518. The molecule has 1 amide bonds. The van der Waals surface area contributed by atoms with Crippen LogP contribution in [0.5, 0.6) is 0 Å². The van der Waals surface area contributed by atoms with E-state index in [4.69, 9.17) is 5.73 Å². The Balaban J connectivity index is 2.78. The normalized spacial score (nSPS) is 12.8. The molecule has 110 valence electrons. The van der Waals surface area contributed by atoms with E-state index in [9.17, 15) is 9.18 Å². The molecule has 0 spiro atoms. The van der Waals surface area contributed by atoms with E-state index in [1.54, 1.807) is 6.07 Å². The number of nitrogens with one attached hydrogen (secondary N) is 1. The first-order valence-corrected chi connectivity index (χ1v) is 6.64. The van der Waals surface area contributed by atoms with Gasteiger partial charge in [0.2, 0.25) is 0 Å². The number of nitrogens with two attached hydrogens (primary N) is 1. The van der Waals surface area contributed by atoms with Gasteiger partial charge in [0, 0.05) is 11.7 Å². The minimum atomic E-state index is -0.758. The van der Waals surface area contributed by atoms with Crippen molar-refractivity contribution in [2.24, 2.45) is 11.1 Å². The van der Waals surface area contributed by atoms with Gasteiger partial charge in [0.1, 0.15) is 5.82 Å². The lowest BCUT2D eigenvalue weighted by atomic mass is 9.90. The van der Waals surface area contributed by atoms with Gasteiger partial charge < -0.3 is 11.1 Å². The van der Waals surface area contributed by atoms with Crippen LogP contribution in [0.2, 0.25) is 0 Å². The largest absolute Gasteiger partial charge is 0.382 e. The minimum absolute atomic E-state index is 0.0822. The van der Waals surface area contributed by atoms with Gasteiger partial charge in [-0.1, -0.05) is 33.4 Å². The van der Waals surface area contributed by atoms with Crippen LogP contribution in [0.1, 0.15) is 56.1 Å². The van der Waals surface area contributed by atoms with Gasteiger partial charge in [-0.15, -0.1) is 0 Å². The Morgan fingerprint density at radius 3 is 2.50 bits per heavy atom. The number of primary amides is 1. The first-order chi connectivity index (χ1) is 9.10. The molecule has 0 aliphatic rings. The fraction of sp³-hybridized carbons (Fsp3) is 0.438. The van der Waals surface area contributed by atoms with E-state index in [0.29, 0.717) is 0 Å². The van der Waals surface area contributed by atoms with Crippen molar-refractivity contribution < 1.29 is 9.18 Å². The molecule has 1 rings (SSSR count). The molecule has 1 atom stereocenters. The zero-order valence-electron chi connectivity index (χ0n) is 12.6. The third kappa shape index (κ3) is 4.68. The van der Waals surface area contributed by atoms with E-state index in [-0.39, 0.29) is 17.0 Å². The molecule has 0 radical (unpaired) electrons. The molecular formula is C16H23FN2O. The number of hydrogen-bond donors (Lipinski definition) is 2. The molecule has 0 heterocycles. The van der Waals surface area contributed by atoms with Crippen LogP contribution in [0.3, 0.4) is 0 Å². The van der Waals surface area contributed by atoms with Crippen LogP contribution in [0.25, 0.3) is 0 Å². The first-order valence-electron chi connectivity index (χ1n) is 6.64. The minimum Gasteiger partial charge on any atom is -0.382 e. The van der Waals surface area contributed by atoms with Crippen molar-refractivity contribution in [3.05, 3.63) is 47.4 Å². The molecule has 0 bridgehead atoms. The summed E-state index contributed by atoms with van der Waals surface area (Å²) >= 11 is 0. The predicted octanol–water partition coefficient (Wildman–Crippen LogP) is 3.53. The van der Waals surface area contributed by atoms with Gasteiger partial charge in [0.15, 0.2) is 0 Å². The van der Waals surface area contributed by atoms with E-state index >= 15 is 0 Å². The van der Waals surface area contributed by atoms with Crippen LogP contribution in [0, 0.1) is 11.2 Å². The van der Waals surface area contributed by atoms with Crippen LogP contribution in [0.15, 0.2) is 30.5 Å². The smallest absolute Gasteiger partial charge is 0.251 e. The van der Waals surface area contributed by atoms with Crippen molar-refractivity contribution >= 4 is 5.91 Å². The van der Waals surface area contributed by atoms with E-state index < -0.39 is 11.7 Å². The van der Waals surface area contributed by atoms with Gasteiger partial charge >= 0.3 is 0 Å². The molecule has 3 nitrogen and oxygen atoms in total. The van der Waals surface area contributed by atoms with E-state index in [1.807, 2.05) is 6.92 Å². The maximum absolute atomic E-state index is 13.7. The third-order valence-corrected chi connectivity index (χ3v) is 2.92. The number of halogens is 1. The monoisotopic (exact) mass is 278 g/mol. The lowest BCUT2D eigenvalue weighted by Gasteiger charge is -2.24. The van der Waals surface area contributed by atoms with Crippen LogP contribution in [-0.2, 0) is 0 Å². The summed E-state index contributed by atoms with van der Waals surface area (Å²) in [5.74, 6) is -1.35. The fourth-order valence-electron chi connectivity index (χ4n) is 2.08. The van der Waals surface area contributed by atoms with E-state index in [2.05, 4.69) is 32.7 Å². The molecule has 0 saturated heterocycles. The SMILES string of the molecule is C=C(CC(C)(C)C)NC(C)c1ccc(C(N)=O)c(F)c1. The fourth-order valence-corrected chi connectivity index (χ4v) is 2.08. The van der Waals surface area contributed by atoms with Gasteiger partial charge in [-0.25, -0.2) is 4.39 Å². The number of rotatable bonds is 5. The van der Waals surface area contributed by atoms with Crippen molar-refractivity contribution in [3.8, 4) is 0 Å². The number of hydrogen-bond acceptors (Lipinski definition) is 2. The Labute approximate surface area is 120 Å². The van der Waals surface area contributed by atoms with Gasteiger partial charge in [-0.05, 0) is 36.5 Å². The zero-order chi connectivity index (χ0) is 15.5. The molecule has 0 aliphatic heterocycles. The van der Waals surface area contributed by atoms with Crippen LogP contribution in [-0.4, -0.2) is 5.91 Å². The molecular weight excluding hydrogens is 255 g/mol. The second-order valence-corrected chi connectivity index (χ2v) is 6.31. The quantitative estimate of drug-likeness (QED) is 0.865. The van der Waals surface area contributed by atoms with Crippen molar-refractivity contribution in [3.63, 3.8) is 0 Å². The lowest BCUT2D eigenvalue weighted by molar-refractivity contribution is 0.0996. The highest BCUT2D eigenvalue weighted by Crippen LogP contribution is 2.24. The van der Waals surface area contributed by atoms with Crippen molar-refractivity contribution in [2.45, 2.75) is 40.2 Å². The molecule has 1 unspecified atom stereocenters. The second kappa shape index (κ2) is 6.07. The highest BCUT2D eigenvalue weighted by Gasteiger charge is 2.15. The molecule has 0 saturated carbocycles. The maximum atomic E-state index is 13.7. The Hall–Kier alpha value is -1.84. The summed E-state index contributed by atoms with van der Waals surface area (Å²) in [6.07, 6.45) is 0.833. The van der Waals surface area contributed by atoms with Gasteiger partial charge in [0.05, 0.1) is 5.56 Å². The topological polar surface area (TPSA) is 55.1 Å². The van der Waals surface area contributed by atoms with E-state index in [0.717, 1.165) is 17.7 Å². The van der Waals surface area contributed by atoms with Crippen LogP contribution in [0.4, 0.5) is 4.39 Å². The average Bonchev–Trinajstić information content (AvgIpc) is 2.25. The van der Waals surface area contributed by atoms with Gasteiger partial charge in [-0.2, -0.15) is 0 Å². The number of benzene rings is 1. The maximum Gasteiger partial charge on any atom is 0.251 e. The molecule has 0 fully saturated rings. The highest BCUT2D eigenvalue weighted by atomic mass is 19.1. The molecule has 3 N–H and O–H groups in total. The highest BCUT2D eigenvalue weighted by molar-refractivity contribution is 5.93. The lowest BCUT2D eigenvalue weighted by Crippen LogP contribution is -2.21. The first kappa shape index (κ1) is 16.2. The number of allylic oxidation sites excluding steroid dienone is 1.